The number of hydrogen-bond donors (Lipinski definition) is 3. The van der Waals surface area contributed by atoms with E-state index in [1.807, 2.05) is 24.3 Å². The van der Waals surface area contributed by atoms with Crippen molar-refractivity contribution in [2.45, 2.75) is 11.8 Å². The number of carbonyl (C=O) groups is 1. The second-order valence-electron chi connectivity index (χ2n) is 5.94. The van der Waals surface area contributed by atoms with Gasteiger partial charge in [-0.25, -0.2) is 4.39 Å². The van der Waals surface area contributed by atoms with E-state index in [2.05, 4.69) is 16.0 Å². The van der Waals surface area contributed by atoms with Gasteiger partial charge in [-0.15, -0.1) is 11.6 Å². The first kappa shape index (κ1) is 17.5. The van der Waals surface area contributed by atoms with E-state index in [1.54, 1.807) is 12.1 Å². The Morgan fingerprint density at radius 3 is 2.60 bits per heavy atom. The van der Waals surface area contributed by atoms with Crippen LogP contribution in [0.5, 0.6) is 0 Å². The van der Waals surface area contributed by atoms with Gasteiger partial charge in [-0.2, -0.15) is 0 Å². The number of hydrogen-bond acceptors (Lipinski definition) is 1. The number of benzene rings is 2. The van der Waals surface area contributed by atoms with Crippen molar-refractivity contribution in [3.63, 3.8) is 0 Å². The van der Waals surface area contributed by atoms with Crippen molar-refractivity contribution in [1.29, 1.82) is 0 Å². The van der Waals surface area contributed by atoms with Crippen LogP contribution in [0.15, 0.2) is 48.5 Å². The molecule has 6 heteroatoms. The van der Waals surface area contributed by atoms with E-state index in [4.69, 9.17) is 11.6 Å². The molecule has 0 radical (unpaired) electrons. The third-order valence-electron chi connectivity index (χ3n) is 4.05. The molecule has 1 atom stereocenters. The first-order chi connectivity index (χ1) is 12.1. The Bertz CT molecular complexity index is 876. The lowest BCUT2D eigenvalue weighted by Crippen LogP contribution is -2.51. The number of nitrogens with one attached hydrogen (secondary N) is 2. The van der Waals surface area contributed by atoms with Crippen LogP contribution in [0.2, 0.25) is 0 Å². The molecule has 130 valence electrons. The van der Waals surface area contributed by atoms with Crippen molar-refractivity contribution in [2.24, 2.45) is 0 Å². The standard InChI is InChI=1S/C19H19ClFN3O/c20-15(7-8-22)11-23-19(25)18-10-14-2-1-13(9-17(14)24-18)12-3-5-16(21)6-4-12/h1-6,9-10,15,24H,7-8,11,22H2,(H,23,25)/p+1/t15-/m0/s1. The Hall–Kier alpha value is -2.37. The summed E-state index contributed by atoms with van der Waals surface area (Å²) in [5.41, 5.74) is 6.97. The van der Waals surface area contributed by atoms with Gasteiger partial charge in [0.05, 0.1) is 11.9 Å². The smallest absolute Gasteiger partial charge is 0.267 e. The van der Waals surface area contributed by atoms with E-state index in [0.29, 0.717) is 12.2 Å². The summed E-state index contributed by atoms with van der Waals surface area (Å²) < 4.78 is 13.1. The average Bonchev–Trinajstić information content (AvgIpc) is 3.04. The molecule has 0 unspecified atom stereocenters. The molecule has 0 bridgehead atoms. The fourth-order valence-electron chi connectivity index (χ4n) is 2.69. The monoisotopic (exact) mass is 360 g/mol. The highest BCUT2D eigenvalue weighted by Crippen LogP contribution is 2.25. The van der Waals surface area contributed by atoms with Crippen LogP contribution < -0.4 is 11.1 Å². The Kier molecular flexibility index (Phi) is 5.36. The van der Waals surface area contributed by atoms with Crippen molar-refractivity contribution in [1.82, 2.24) is 10.3 Å². The first-order valence-corrected chi connectivity index (χ1v) is 8.60. The zero-order chi connectivity index (χ0) is 17.8. The van der Waals surface area contributed by atoms with Crippen molar-refractivity contribution < 1.29 is 14.9 Å². The molecule has 0 saturated heterocycles. The summed E-state index contributed by atoms with van der Waals surface area (Å²) in [5.74, 6) is -0.450. The number of halogens is 2. The van der Waals surface area contributed by atoms with E-state index in [-0.39, 0.29) is 17.1 Å². The molecular weight excluding hydrogens is 341 g/mol. The number of rotatable bonds is 6. The normalized spacial score (nSPS) is 12.3. The lowest BCUT2D eigenvalue weighted by molar-refractivity contribution is -0.368. The summed E-state index contributed by atoms with van der Waals surface area (Å²) >= 11 is 6.10. The minimum absolute atomic E-state index is 0.115. The van der Waals surface area contributed by atoms with Gasteiger partial charge in [0, 0.05) is 23.9 Å². The highest BCUT2D eigenvalue weighted by Gasteiger charge is 2.12. The van der Waals surface area contributed by atoms with E-state index < -0.39 is 0 Å². The SMILES string of the molecule is [NH3+]CC[C@H](Cl)CNC(=O)c1cc2ccc(-c3ccc(F)cc3)cc2[nH]1. The molecule has 3 rings (SSSR count). The van der Waals surface area contributed by atoms with Crippen molar-refractivity contribution in [2.75, 3.05) is 13.1 Å². The number of aromatic nitrogens is 1. The Morgan fingerprint density at radius 2 is 1.88 bits per heavy atom. The van der Waals surface area contributed by atoms with Gasteiger partial charge >= 0.3 is 0 Å². The van der Waals surface area contributed by atoms with E-state index in [1.165, 1.54) is 12.1 Å². The van der Waals surface area contributed by atoms with Gasteiger partial charge in [0.25, 0.3) is 5.91 Å². The number of H-pyrrole nitrogens is 1. The number of alkyl halides is 1. The van der Waals surface area contributed by atoms with Crippen molar-refractivity contribution >= 4 is 28.4 Å². The quantitative estimate of drug-likeness (QED) is 0.581. The zero-order valence-electron chi connectivity index (χ0n) is 13.7. The zero-order valence-corrected chi connectivity index (χ0v) is 14.4. The molecule has 0 aliphatic heterocycles. The van der Waals surface area contributed by atoms with Gasteiger partial charge in [0.1, 0.15) is 11.5 Å². The minimum atomic E-state index is -0.264. The fourth-order valence-corrected chi connectivity index (χ4v) is 2.92. The van der Waals surface area contributed by atoms with Crippen LogP contribution in [0.25, 0.3) is 22.0 Å². The number of quaternary nitrogens is 1. The second kappa shape index (κ2) is 7.68. The topological polar surface area (TPSA) is 72.5 Å². The lowest BCUT2D eigenvalue weighted by atomic mass is 10.0. The van der Waals surface area contributed by atoms with E-state index in [0.717, 1.165) is 35.0 Å². The molecule has 1 heterocycles. The molecule has 25 heavy (non-hydrogen) atoms. The third-order valence-corrected chi connectivity index (χ3v) is 4.42. The molecule has 0 aliphatic carbocycles. The summed E-state index contributed by atoms with van der Waals surface area (Å²) in [5, 5.41) is 3.65. The van der Waals surface area contributed by atoms with Crippen LogP contribution in [0.3, 0.4) is 0 Å². The van der Waals surface area contributed by atoms with Crippen molar-refractivity contribution in [3.05, 3.63) is 60.0 Å². The molecule has 2 aromatic carbocycles. The molecule has 1 aromatic heterocycles. The van der Waals surface area contributed by atoms with Gasteiger partial charge < -0.3 is 16.0 Å². The summed E-state index contributed by atoms with van der Waals surface area (Å²) in [6.45, 7) is 1.15. The molecule has 5 N–H and O–H groups in total. The van der Waals surface area contributed by atoms with Crippen molar-refractivity contribution in [3.8, 4) is 11.1 Å². The average molecular weight is 361 g/mol. The van der Waals surface area contributed by atoms with Crippen LogP contribution in [-0.4, -0.2) is 29.4 Å². The van der Waals surface area contributed by atoms with E-state index in [9.17, 15) is 9.18 Å². The Balaban J connectivity index is 1.78. The van der Waals surface area contributed by atoms with Gasteiger partial charge in [0.2, 0.25) is 0 Å². The van der Waals surface area contributed by atoms with Gasteiger partial charge in [-0.1, -0.05) is 24.3 Å². The van der Waals surface area contributed by atoms with Crippen LogP contribution in [0, 0.1) is 5.82 Å². The highest BCUT2D eigenvalue weighted by atomic mass is 35.5. The van der Waals surface area contributed by atoms with Gasteiger partial charge in [0.15, 0.2) is 0 Å². The number of aromatic amines is 1. The van der Waals surface area contributed by atoms with Gasteiger partial charge in [-0.3, -0.25) is 4.79 Å². The minimum Gasteiger partial charge on any atom is -0.358 e. The molecular formula is C19H20ClFN3O+. The Labute approximate surface area is 150 Å². The van der Waals surface area contributed by atoms with Crippen LogP contribution in [-0.2, 0) is 0 Å². The summed E-state index contributed by atoms with van der Waals surface area (Å²) in [6, 6.07) is 14.0. The summed E-state index contributed by atoms with van der Waals surface area (Å²) in [4.78, 5) is 15.4. The highest BCUT2D eigenvalue weighted by molar-refractivity contribution is 6.21. The maximum atomic E-state index is 13.1. The fraction of sp³-hybridized carbons (Fsp3) is 0.211. The molecule has 0 fully saturated rings. The summed E-state index contributed by atoms with van der Waals surface area (Å²) in [7, 11) is 0. The summed E-state index contributed by atoms with van der Waals surface area (Å²) in [6.07, 6.45) is 0.759. The maximum absolute atomic E-state index is 13.1. The second-order valence-corrected chi connectivity index (χ2v) is 6.56. The molecule has 0 saturated carbocycles. The molecule has 3 aromatic rings. The van der Waals surface area contributed by atoms with E-state index >= 15 is 0 Å². The lowest BCUT2D eigenvalue weighted by Gasteiger charge is -2.07. The van der Waals surface area contributed by atoms with Gasteiger partial charge in [-0.05, 0) is 35.4 Å². The predicted molar refractivity (Wildman–Crippen MR) is 98.0 cm³/mol. The molecule has 0 spiro atoms. The Morgan fingerprint density at radius 1 is 1.16 bits per heavy atom. The largest absolute Gasteiger partial charge is 0.358 e. The number of amides is 1. The predicted octanol–water partition coefficient (Wildman–Crippen LogP) is 2.94. The molecule has 1 amide bonds. The molecule has 4 nitrogen and oxygen atoms in total. The maximum Gasteiger partial charge on any atom is 0.267 e. The van der Waals surface area contributed by atoms with Crippen LogP contribution >= 0.6 is 11.6 Å². The van der Waals surface area contributed by atoms with Crippen LogP contribution in [0.1, 0.15) is 16.9 Å². The van der Waals surface area contributed by atoms with Crippen LogP contribution in [0.4, 0.5) is 4.39 Å². The first-order valence-electron chi connectivity index (χ1n) is 8.17. The third kappa shape index (κ3) is 4.18. The molecule has 0 aliphatic rings. The number of carbonyl (C=O) groups excluding carboxylic acids is 1. The number of fused-ring (bicyclic) bond motifs is 1.